The molecule has 5 heteroatoms. The highest BCUT2D eigenvalue weighted by molar-refractivity contribution is 5.74. The zero-order valence-corrected chi connectivity index (χ0v) is 6.96. The number of nitrogens with one attached hydrogen (secondary N) is 1. The third-order valence-corrected chi connectivity index (χ3v) is 2.97. The minimum Gasteiger partial charge on any atom is -0.480 e. The summed E-state index contributed by atoms with van der Waals surface area (Å²) in [5.74, 6) is -4.97. The zero-order chi connectivity index (χ0) is 9.64. The molecule has 1 aliphatic carbocycles. The van der Waals surface area contributed by atoms with Gasteiger partial charge in [-0.15, -0.1) is 0 Å². The van der Waals surface area contributed by atoms with E-state index in [2.05, 4.69) is 5.32 Å². The van der Waals surface area contributed by atoms with E-state index in [-0.39, 0.29) is 12.5 Å². The number of aliphatic carboxylic acids is 1. The molecule has 2 saturated heterocycles. The Balaban J connectivity index is 2.22. The second-order valence-corrected chi connectivity index (χ2v) is 3.83. The predicted octanol–water partition coefficient (Wildman–Crippen LogP) is 0.847. The summed E-state index contributed by atoms with van der Waals surface area (Å²) in [6.07, 6.45) is 0.785. The monoisotopic (exact) mass is 191 g/mol. The summed E-state index contributed by atoms with van der Waals surface area (Å²) >= 11 is 0. The van der Waals surface area contributed by atoms with E-state index in [4.69, 9.17) is 5.11 Å². The fourth-order valence-electron chi connectivity index (χ4n) is 2.34. The molecule has 1 saturated carbocycles. The number of alkyl halides is 2. The van der Waals surface area contributed by atoms with E-state index in [1.165, 1.54) is 0 Å². The van der Waals surface area contributed by atoms with Gasteiger partial charge >= 0.3 is 5.97 Å². The summed E-state index contributed by atoms with van der Waals surface area (Å²) in [6, 6.07) is -1.37. The molecule has 3 fully saturated rings. The smallest absolute Gasteiger partial charge is 0.321 e. The van der Waals surface area contributed by atoms with Crippen molar-refractivity contribution in [3.63, 3.8) is 0 Å². The van der Waals surface area contributed by atoms with Crippen LogP contribution in [0.5, 0.6) is 0 Å². The van der Waals surface area contributed by atoms with Gasteiger partial charge in [0, 0.05) is 18.4 Å². The van der Waals surface area contributed by atoms with Crippen LogP contribution in [0.3, 0.4) is 0 Å². The number of rotatable bonds is 1. The molecule has 3 nitrogen and oxygen atoms in total. The van der Waals surface area contributed by atoms with Crippen LogP contribution in [0, 0.1) is 5.92 Å². The molecule has 0 spiro atoms. The number of hydrogen-bond acceptors (Lipinski definition) is 2. The van der Waals surface area contributed by atoms with Crippen LogP contribution in [0.1, 0.15) is 19.3 Å². The molecule has 0 radical (unpaired) electrons. The van der Waals surface area contributed by atoms with Crippen molar-refractivity contribution in [2.75, 3.05) is 0 Å². The van der Waals surface area contributed by atoms with Crippen molar-refractivity contribution in [1.29, 1.82) is 0 Å². The molecular formula is C8H11F2NO2. The standard InChI is InChI=1S/C8H11F2NO2/c9-8(10)3-4-1-2-5(8)6(11-4)7(12)13/h4-6,11H,1-3H2,(H,12,13). The Bertz CT molecular complexity index is 244. The number of carboxylic acids is 1. The summed E-state index contributed by atoms with van der Waals surface area (Å²) in [5.41, 5.74) is 0. The Kier molecular flexibility index (Phi) is 1.80. The summed E-state index contributed by atoms with van der Waals surface area (Å²) in [5, 5.41) is 11.4. The van der Waals surface area contributed by atoms with Crippen LogP contribution in [0.15, 0.2) is 0 Å². The van der Waals surface area contributed by atoms with Gasteiger partial charge in [-0.05, 0) is 12.8 Å². The van der Waals surface area contributed by atoms with Crippen LogP contribution in [-0.4, -0.2) is 29.1 Å². The highest BCUT2D eigenvalue weighted by Gasteiger charge is 2.55. The van der Waals surface area contributed by atoms with Crippen LogP contribution in [0.4, 0.5) is 8.78 Å². The highest BCUT2D eigenvalue weighted by Crippen LogP contribution is 2.44. The van der Waals surface area contributed by atoms with Crippen molar-refractivity contribution in [1.82, 2.24) is 5.32 Å². The van der Waals surface area contributed by atoms with Gasteiger partial charge in [-0.3, -0.25) is 4.79 Å². The largest absolute Gasteiger partial charge is 0.480 e. The number of halogens is 2. The maximum absolute atomic E-state index is 13.2. The first-order valence-electron chi connectivity index (χ1n) is 4.37. The van der Waals surface area contributed by atoms with E-state index in [1.54, 1.807) is 0 Å². The lowest BCUT2D eigenvalue weighted by molar-refractivity contribution is -0.165. The lowest BCUT2D eigenvalue weighted by atomic mass is 9.73. The fourth-order valence-corrected chi connectivity index (χ4v) is 2.34. The van der Waals surface area contributed by atoms with Gasteiger partial charge < -0.3 is 10.4 Å². The molecule has 3 rings (SSSR count). The average Bonchev–Trinajstić information content (AvgIpc) is 2.02. The Morgan fingerprint density at radius 1 is 1.46 bits per heavy atom. The van der Waals surface area contributed by atoms with Gasteiger partial charge in [-0.2, -0.15) is 0 Å². The first-order valence-corrected chi connectivity index (χ1v) is 4.37. The molecule has 0 amide bonds. The van der Waals surface area contributed by atoms with Gasteiger partial charge in [-0.1, -0.05) is 0 Å². The van der Waals surface area contributed by atoms with E-state index in [1.807, 2.05) is 0 Å². The Hall–Kier alpha value is -0.710. The van der Waals surface area contributed by atoms with Crippen LogP contribution in [0.25, 0.3) is 0 Å². The molecule has 2 bridgehead atoms. The van der Waals surface area contributed by atoms with Gasteiger partial charge in [-0.25, -0.2) is 8.78 Å². The molecule has 3 unspecified atom stereocenters. The van der Waals surface area contributed by atoms with E-state index in [0.717, 1.165) is 0 Å². The van der Waals surface area contributed by atoms with Crippen molar-refractivity contribution in [2.24, 2.45) is 5.92 Å². The van der Waals surface area contributed by atoms with Crippen LogP contribution in [-0.2, 0) is 4.79 Å². The molecule has 2 heterocycles. The van der Waals surface area contributed by atoms with Gasteiger partial charge in [0.15, 0.2) is 0 Å². The van der Waals surface area contributed by atoms with Crippen molar-refractivity contribution in [3.8, 4) is 0 Å². The minimum absolute atomic E-state index is 0.207. The Labute approximate surface area is 74.1 Å². The summed E-state index contributed by atoms with van der Waals surface area (Å²) in [4.78, 5) is 10.6. The topological polar surface area (TPSA) is 49.3 Å². The van der Waals surface area contributed by atoms with Crippen molar-refractivity contribution < 1.29 is 18.7 Å². The fraction of sp³-hybridized carbons (Fsp3) is 0.875. The second-order valence-electron chi connectivity index (χ2n) is 3.83. The Morgan fingerprint density at radius 3 is 2.54 bits per heavy atom. The molecule has 2 aliphatic heterocycles. The lowest BCUT2D eigenvalue weighted by Gasteiger charge is -2.46. The molecule has 2 N–H and O–H groups in total. The van der Waals surface area contributed by atoms with E-state index in [9.17, 15) is 13.6 Å². The summed E-state index contributed by atoms with van der Waals surface area (Å²) < 4.78 is 26.4. The number of carboxylic acid groups (broad SMARTS) is 1. The van der Waals surface area contributed by atoms with Crippen molar-refractivity contribution in [3.05, 3.63) is 0 Å². The zero-order valence-electron chi connectivity index (χ0n) is 6.96. The average molecular weight is 191 g/mol. The van der Waals surface area contributed by atoms with E-state index < -0.39 is 23.9 Å². The normalized spacial score (nSPS) is 41.8. The van der Waals surface area contributed by atoms with Gasteiger partial charge in [0.25, 0.3) is 5.92 Å². The van der Waals surface area contributed by atoms with Gasteiger partial charge in [0.05, 0.1) is 0 Å². The number of piperidine rings is 2. The van der Waals surface area contributed by atoms with Crippen LogP contribution in [0.2, 0.25) is 0 Å². The predicted molar refractivity (Wildman–Crippen MR) is 40.6 cm³/mol. The molecule has 74 valence electrons. The molecule has 0 aromatic carbocycles. The quantitative estimate of drug-likeness (QED) is 0.646. The van der Waals surface area contributed by atoms with Gasteiger partial charge in [0.1, 0.15) is 6.04 Å². The first kappa shape index (κ1) is 8.87. The molecule has 3 atom stereocenters. The molecule has 3 aliphatic rings. The number of fused-ring (bicyclic) bond motifs is 3. The van der Waals surface area contributed by atoms with Crippen LogP contribution < -0.4 is 5.32 Å². The lowest BCUT2D eigenvalue weighted by Crippen LogP contribution is -2.63. The first-order chi connectivity index (χ1) is 6.00. The third kappa shape index (κ3) is 1.31. The SMILES string of the molecule is O=C(O)C1NC2CCC1C(F)(F)C2. The minimum atomic E-state index is -2.79. The van der Waals surface area contributed by atoms with Crippen molar-refractivity contribution in [2.45, 2.75) is 37.3 Å². The van der Waals surface area contributed by atoms with Crippen LogP contribution >= 0.6 is 0 Å². The molecule has 13 heavy (non-hydrogen) atoms. The van der Waals surface area contributed by atoms with Crippen molar-refractivity contribution >= 4 is 5.97 Å². The third-order valence-electron chi connectivity index (χ3n) is 2.97. The molecule has 0 aromatic heterocycles. The number of carbonyl (C=O) groups is 1. The van der Waals surface area contributed by atoms with E-state index >= 15 is 0 Å². The molecular weight excluding hydrogens is 180 g/mol. The number of hydrogen-bond donors (Lipinski definition) is 2. The highest BCUT2D eigenvalue weighted by atomic mass is 19.3. The maximum atomic E-state index is 13.2. The molecule has 0 aromatic rings. The van der Waals surface area contributed by atoms with E-state index in [0.29, 0.717) is 12.8 Å². The summed E-state index contributed by atoms with van der Waals surface area (Å²) in [6.45, 7) is 0. The Morgan fingerprint density at radius 2 is 2.15 bits per heavy atom. The summed E-state index contributed by atoms with van der Waals surface area (Å²) in [7, 11) is 0. The second kappa shape index (κ2) is 2.64. The maximum Gasteiger partial charge on any atom is 0.321 e. The van der Waals surface area contributed by atoms with Gasteiger partial charge in [0.2, 0.25) is 0 Å².